The van der Waals surface area contributed by atoms with E-state index in [1.165, 1.54) is 22.0 Å². The molecule has 0 saturated carbocycles. The predicted molar refractivity (Wildman–Crippen MR) is 107 cm³/mol. The number of anilines is 1. The van der Waals surface area contributed by atoms with E-state index in [0.717, 1.165) is 25.1 Å². The van der Waals surface area contributed by atoms with E-state index in [1.807, 2.05) is 23.1 Å². The third kappa shape index (κ3) is 3.25. The van der Waals surface area contributed by atoms with Crippen molar-refractivity contribution in [3.05, 3.63) is 65.9 Å². The Bertz CT molecular complexity index is 914. The molecule has 2 aromatic carbocycles. The maximum Gasteiger partial charge on any atom is 0.228 e. The summed E-state index contributed by atoms with van der Waals surface area (Å²) in [5.74, 6) is 0.210. The van der Waals surface area contributed by atoms with Crippen LogP contribution in [0.1, 0.15) is 24.5 Å². The van der Waals surface area contributed by atoms with E-state index < -0.39 is 0 Å². The van der Waals surface area contributed by atoms with Crippen LogP contribution in [0.4, 0.5) is 5.69 Å². The summed E-state index contributed by atoms with van der Waals surface area (Å²) in [5, 5.41) is 4.71. The first-order chi connectivity index (χ1) is 12.7. The van der Waals surface area contributed by atoms with Crippen molar-refractivity contribution in [2.75, 3.05) is 18.0 Å². The standard InChI is InChI=1S/C22H25N3O/c1-16-14-17-6-2-5-9-21(17)25(16)22(26)11-13-23-12-10-18-15-24-20-8-4-3-7-19(18)20/h2-9,15-16,23-24H,10-14H2,1H3. The van der Waals surface area contributed by atoms with E-state index in [1.54, 1.807) is 0 Å². The first-order valence-corrected chi connectivity index (χ1v) is 9.39. The minimum absolute atomic E-state index is 0.210. The number of nitrogens with zero attached hydrogens (tertiary/aromatic N) is 1. The monoisotopic (exact) mass is 347 g/mol. The molecule has 3 aromatic rings. The number of hydrogen-bond acceptors (Lipinski definition) is 2. The van der Waals surface area contributed by atoms with Crippen LogP contribution in [0.5, 0.6) is 0 Å². The molecule has 4 heteroatoms. The van der Waals surface area contributed by atoms with Crippen molar-refractivity contribution in [1.29, 1.82) is 0 Å². The second kappa shape index (κ2) is 7.34. The number of para-hydroxylation sites is 2. The zero-order valence-electron chi connectivity index (χ0n) is 15.2. The number of H-pyrrole nitrogens is 1. The Hall–Kier alpha value is -2.59. The molecule has 1 aromatic heterocycles. The number of rotatable bonds is 6. The molecule has 0 bridgehead atoms. The first kappa shape index (κ1) is 16.9. The molecule has 4 rings (SSSR count). The molecule has 0 fully saturated rings. The quantitative estimate of drug-likeness (QED) is 0.669. The number of nitrogens with one attached hydrogen (secondary N) is 2. The Morgan fingerprint density at radius 2 is 1.96 bits per heavy atom. The Labute approximate surface area is 154 Å². The fourth-order valence-corrected chi connectivity index (χ4v) is 3.95. The van der Waals surface area contributed by atoms with Crippen LogP contribution in [-0.2, 0) is 17.6 Å². The van der Waals surface area contributed by atoms with Gasteiger partial charge in [0.2, 0.25) is 5.91 Å². The Balaban J connectivity index is 1.27. The number of aromatic nitrogens is 1. The van der Waals surface area contributed by atoms with Crippen LogP contribution in [0.3, 0.4) is 0 Å². The van der Waals surface area contributed by atoms with Crippen molar-refractivity contribution in [3.8, 4) is 0 Å². The van der Waals surface area contributed by atoms with Crippen molar-refractivity contribution in [2.24, 2.45) is 0 Å². The van der Waals surface area contributed by atoms with Crippen LogP contribution in [0.25, 0.3) is 10.9 Å². The van der Waals surface area contributed by atoms with Gasteiger partial charge in [-0.25, -0.2) is 0 Å². The number of carbonyl (C=O) groups excluding carboxylic acids is 1. The van der Waals surface area contributed by atoms with Crippen molar-refractivity contribution in [3.63, 3.8) is 0 Å². The molecule has 0 aliphatic carbocycles. The van der Waals surface area contributed by atoms with Gasteiger partial charge >= 0.3 is 0 Å². The molecule has 26 heavy (non-hydrogen) atoms. The molecule has 134 valence electrons. The lowest BCUT2D eigenvalue weighted by molar-refractivity contribution is -0.118. The van der Waals surface area contributed by atoms with Gasteiger partial charge in [-0.05, 0) is 49.6 Å². The van der Waals surface area contributed by atoms with Gasteiger partial charge in [0.1, 0.15) is 0 Å². The summed E-state index contributed by atoms with van der Waals surface area (Å²) < 4.78 is 0. The van der Waals surface area contributed by atoms with E-state index in [2.05, 4.69) is 53.8 Å². The van der Waals surface area contributed by atoms with Crippen LogP contribution in [0.15, 0.2) is 54.7 Å². The molecule has 0 radical (unpaired) electrons. The van der Waals surface area contributed by atoms with Crippen LogP contribution in [0.2, 0.25) is 0 Å². The average molecular weight is 347 g/mol. The molecule has 2 heterocycles. The van der Waals surface area contributed by atoms with E-state index in [4.69, 9.17) is 0 Å². The summed E-state index contributed by atoms with van der Waals surface area (Å²) in [5.41, 5.74) is 4.87. The lowest BCUT2D eigenvalue weighted by atomic mass is 10.1. The molecular weight excluding hydrogens is 322 g/mol. The molecule has 1 amide bonds. The Morgan fingerprint density at radius 3 is 2.88 bits per heavy atom. The SMILES string of the molecule is CC1Cc2ccccc2N1C(=O)CCNCCc1c[nH]c2ccccc12. The number of aromatic amines is 1. The topological polar surface area (TPSA) is 48.1 Å². The number of carbonyl (C=O) groups is 1. The van der Waals surface area contributed by atoms with Crippen molar-refractivity contribution in [1.82, 2.24) is 10.3 Å². The Morgan fingerprint density at radius 1 is 1.15 bits per heavy atom. The van der Waals surface area contributed by atoms with Crippen molar-refractivity contribution >= 4 is 22.5 Å². The summed E-state index contributed by atoms with van der Waals surface area (Å²) in [4.78, 5) is 17.9. The third-order valence-corrected chi connectivity index (χ3v) is 5.24. The minimum atomic E-state index is 0.210. The maximum atomic E-state index is 12.7. The summed E-state index contributed by atoms with van der Waals surface area (Å²) >= 11 is 0. The van der Waals surface area contributed by atoms with Gasteiger partial charge in [-0.15, -0.1) is 0 Å². The zero-order valence-corrected chi connectivity index (χ0v) is 15.2. The van der Waals surface area contributed by atoms with Crippen LogP contribution < -0.4 is 10.2 Å². The minimum Gasteiger partial charge on any atom is -0.361 e. The lowest BCUT2D eigenvalue weighted by Crippen LogP contribution is -2.37. The van der Waals surface area contributed by atoms with Gasteiger partial charge in [0.05, 0.1) is 0 Å². The smallest absolute Gasteiger partial charge is 0.228 e. The number of hydrogen-bond donors (Lipinski definition) is 2. The third-order valence-electron chi connectivity index (χ3n) is 5.24. The lowest BCUT2D eigenvalue weighted by Gasteiger charge is -2.22. The summed E-state index contributed by atoms with van der Waals surface area (Å²) in [6.07, 6.45) is 4.53. The first-order valence-electron chi connectivity index (χ1n) is 9.39. The highest BCUT2D eigenvalue weighted by atomic mass is 16.2. The second-order valence-electron chi connectivity index (χ2n) is 7.06. The summed E-state index contributed by atoms with van der Waals surface area (Å²) in [7, 11) is 0. The van der Waals surface area contributed by atoms with Gasteiger partial charge in [-0.3, -0.25) is 4.79 Å². The molecule has 2 N–H and O–H groups in total. The number of fused-ring (bicyclic) bond motifs is 2. The predicted octanol–water partition coefficient (Wildman–Crippen LogP) is 3.67. The van der Waals surface area contributed by atoms with Gasteiger partial charge in [-0.1, -0.05) is 36.4 Å². The van der Waals surface area contributed by atoms with Gasteiger partial charge in [-0.2, -0.15) is 0 Å². The highest BCUT2D eigenvalue weighted by molar-refractivity contribution is 5.96. The number of amides is 1. The molecule has 0 spiro atoms. The fraction of sp³-hybridized carbons (Fsp3) is 0.318. The van der Waals surface area contributed by atoms with Crippen molar-refractivity contribution < 1.29 is 4.79 Å². The van der Waals surface area contributed by atoms with Crippen LogP contribution in [0, 0.1) is 0 Å². The maximum absolute atomic E-state index is 12.7. The molecular formula is C22H25N3O. The highest BCUT2D eigenvalue weighted by Crippen LogP contribution is 2.32. The van der Waals surface area contributed by atoms with Gasteiger partial charge < -0.3 is 15.2 Å². The Kier molecular flexibility index (Phi) is 4.76. The van der Waals surface area contributed by atoms with E-state index >= 15 is 0 Å². The second-order valence-corrected chi connectivity index (χ2v) is 7.06. The molecule has 4 nitrogen and oxygen atoms in total. The molecule has 0 saturated heterocycles. The highest BCUT2D eigenvalue weighted by Gasteiger charge is 2.29. The summed E-state index contributed by atoms with van der Waals surface area (Å²) in [6.45, 7) is 3.72. The molecule has 1 atom stereocenters. The van der Waals surface area contributed by atoms with Gasteiger partial charge in [0.15, 0.2) is 0 Å². The van der Waals surface area contributed by atoms with E-state index in [9.17, 15) is 4.79 Å². The largest absolute Gasteiger partial charge is 0.361 e. The van der Waals surface area contributed by atoms with Gasteiger partial charge in [0, 0.05) is 41.8 Å². The van der Waals surface area contributed by atoms with Crippen LogP contribution >= 0.6 is 0 Å². The van der Waals surface area contributed by atoms with Crippen LogP contribution in [-0.4, -0.2) is 30.0 Å². The summed E-state index contributed by atoms with van der Waals surface area (Å²) in [6, 6.07) is 16.9. The van der Waals surface area contributed by atoms with E-state index in [-0.39, 0.29) is 11.9 Å². The molecule has 1 unspecified atom stereocenters. The van der Waals surface area contributed by atoms with E-state index in [0.29, 0.717) is 13.0 Å². The normalized spacial score (nSPS) is 16.2. The molecule has 1 aliphatic heterocycles. The zero-order chi connectivity index (χ0) is 17.9. The van der Waals surface area contributed by atoms with Crippen molar-refractivity contribution in [2.45, 2.75) is 32.2 Å². The average Bonchev–Trinajstić information content (AvgIpc) is 3.21. The number of benzene rings is 2. The van der Waals surface area contributed by atoms with Gasteiger partial charge in [0.25, 0.3) is 0 Å². The fourth-order valence-electron chi connectivity index (χ4n) is 3.95. The molecule has 1 aliphatic rings.